The monoisotopic (exact) mass is 407 g/mol. The van der Waals surface area contributed by atoms with Gasteiger partial charge in [0.1, 0.15) is 30.5 Å². The number of hydrogen-bond acceptors (Lipinski definition) is 5. The number of rotatable bonds is 9. The molecule has 3 aromatic carbocycles. The van der Waals surface area contributed by atoms with Crippen LogP contribution in [0.1, 0.15) is 16.7 Å². The molecule has 6 heteroatoms. The summed E-state index contributed by atoms with van der Waals surface area (Å²) >= 11 is 0. The minimum Gasteiger partial charge on any atom is -0.497 e. The molecule has 6 nitrogen and oxygen atoms in total. The van der Waals surface area contributed by atoms with Crippen LogP contribution in [0.25, 0.3) is 0 Å². The Morgan fingerprint density at radius 3 is 2.37 bits per heavy atom. The van der Waals surface area contributed by atoms with Gasteiger partial charge in [0.15, 0.2) is 0 Å². The van der Waals surface area contributed by atoms with E-state index in [9.17, 15) is 4.79 Å². The maximum absolute atomic E-state index is 12.1. The van der Waals surface area contributed by atoms with Crippen LogP contribution in [-0.2, 0) is 24.5 Å². The van der Waals surface area contributed by atoms with Gasteiger partial charge in [-0.2, -0.15) is 0 Å². The minimum atomic E-state index is -0.511. The van der Waals surface area contributed by atoms with Crippen LogP contribution in [0.5, 0.6) is 17.2 Å². The molecule has 0 aromatic heterocycles. The molecule has 0 unspecified atom stereocenters. The fraction of sp³-hybridized carbons (Fsp3) is 0.208. The van der Waals surface area contributed by atoms with Crippen LogP contribution in [0.4, 0.5) is 4.79 Å². The zero-order valence-electron chi connectivity index (χ0n) is 17.1. The molecular weight excluding hydrogens is 382 g/mol. The molecule has 0 aliphatic carbocycles. The third-order valence-corrected chi connectivity index (χ3v) is 4.43. The number of amides is 1. The summed E-state index contributed by atoms with van der Waals surface area (Å²) in [6, 6.07) is 22.9. The Hall–Kier alpha value is -3.67. The molecule has 1 amide bonds. The Kier molecular flexibility index (Phi) is 7.55. The van der Waals surface area contributed by atoms with E-state index in [4.69, 9.17) is 18.9 Å². The smallest absolute Gasteiger partial charge is 0.407 e. The van der Waals surface area contributed by atoms with Crippen molar-refractivity contribution < 1.29 is 23.7 Å². The van der Waals surface area contributed by atoms with Crippen LogP contribution in [0.15, 0.2) is 72.8 Å². The first-order valence-electron chi connectivity index (χ1n) is 9.55. The molecule has 0 aliphatic heterocycles. The summed E-state index contributed by atoms with van der Waals surface area (Å²) < 4.78 is 21.6. The van der Waals surface area contributed by atoms with E-state index in [0.29, 0.717) is 18.1 Å². The molecule has 0 spiro atoms. The number of carbonyl (C=O) groups excluding carboxylic acids is 1. The van der Waals surface area contributed by atoms with Gasteiger partial charge in [0.2, 0.25) is 0 Å². The topological polar surface area (TPSA) is 66.0 Å². The molecule has 3 rings (SSSR count). The van der Waals surface area contributed by atoms with E-state index in [0.717, 1.165) is 22.4 Å². The summed E-state index contributed by atoms with van der Waals surface area (Å²) in [4.78, 5) is 12.1. The summed E-state index contributed by atoms with van der Waals surface area (Å²) in [5.74, 6) is 2.05. The summed E-state index contributed by atoms with van der Waals surface area (Å²) in [6.07, 6.45) is -0.511. The van der Waals surface area contributed by atoms with Gasteiger partial charge in [-0.1, -0.05) is 42.5 Å². The molecule has 156 valence electrons. The van der Waals surface area contributed by atoms with Crippen LogP contribution in [-0.4, -0.2) is 20.3 Å². The van der Waals surface area contributed by atoms with E-state index in [1.54, 1.807) is 20.3 Å². The normalized spacial score (nSPS) is 10.2. The highest BCUT2D eigenvalue weighted by atomic mass is 16.5. The maximum Gasteiger partial charge on any atom is 0.407 e. The predicted molar refractivity (Wildman–Crippen MR) is 114 cm³/mol. The number of alkyl carbamates (subject to hydrolysis) is 1. The van der Waals surface area contributed by atoms with Gasteiger partial charge in [0.05, 0.1) is 14.2 Å². The lowest BCUT2D eigenvalue weighted by Crippen LogP contribution is -2.23. The molecule has 3 aromatic rings. The standard InChI is InChI=1S/C24H25NO5/c1-27-21-12-11-20(23(14-21)28-2)15-25-24(26)30-17-19-9-6-10-22(13-19)29-16-18-7-4-3-5-8-18/h3-14H,15-17H2,1-2H3,(H,25,26). The van der Waals surface area contributed by atoms with Crippen molar-refractivity contribution in [1.29, 1.82) is 0 Å². The quantitative estimate of drug-likeness (QED) is 0.557. The molecule has 1 N–H and O–H groups in total. The molecule has 0 bridgehead atoms. The largest absolute Gasteiger partial charge is 0.497 e. The van der Waals surface area contributed by atoms with Crippen LogP contribution in [0.2, 0.25) is 0 Å². The van der Waals surface area contributed by atoms with Gasteiger partial charge < -0.3 is 24.3 Å². The lowest BCUT2D eigenvalue weighted by Gasteiger charge is -2.12. The Bertz CT molecular complexity index is 959. The van der Waals surface area contributed by atoms with Gasteiger partial charge in [0, 0.05) is 18.2 Å². The van der Waals surface area contributed by atoms with Crippen molar-refractivity contribution in [3.8, 4) is 17.2 Å². The minimum absolute atomic E-state index is 0.147. The second kappa shape index (κ2) is 10.8. The van der Waals surface area contributed by atoms with Crippen molar-refractivity contribution in [3.63, 3.8) is 0 Å². The van der Waals surface area contributed by atoms with Crippen molar-refractivity contribution in [1.82, 2.24) is 5.32 Å². The van der Waals surface area contributed by atoms with Crippen molar-refractivity contribution >= 4 is 6.09 Å². The Morgan fingerprint density at radius 2 is 1.60 bits per heavy atom. The first kappa shape index (κ1) is 21.0. The highest BCUT2D eigenvalue weighted by Gasteiger charge is 2.08. The predicted octanol–water partition coefficient (Wildman–Crippen LogP) is 4.71. The number of methoxy groups -OCH3 is 2. The summed E-state index contributed by atoms with van der Waals surface area (Å²) in [5.41, 5.74) is 2.76. The van der Waals surface area contributed by atoms with Crippen LogP contribution in [0, 0.1) is 0 Å². The van der Waals surface area contributed by atoms with Crippen molar-refractivity contribution in [2.24, 2.45) is 0 Å². The summed E-state index contributed by atoms with van der Waals surface area (Å²) in [5, 5.41) is 2.73. The molecule has 0 atom stereocenters. The van der Waals surface area contributed by atoms with E-state index in [1.807, 2.05) is 66.7 Å². The van der Waals surface area contributed by atoms with Crippen LogP contribution < -0.4 is 19.5 Å². The SMILES string of the molecule is COc1ccc(CNC(=O)OCc2cccc(OCc3ccccc3)c2)c(OC)c1. The van der Waals surface area contributed by atoms with Crippen molar-refractivity contribution in [2.75, 3.05) is 14.2 Å². The van der Waals surface area contributed by atoms with E-state index in [1.165, 1.54) is 0 Å². The third kappa shape index (κ3) is 6.17. The molecule has 0 saturated heterocycles. The van der Waals surface area contributed by atoms with Gasteiger partial charge in [-0.15, -0.1) is 0 Å². The second-order valence-electron chi connectivity index (χ2n) is 6.53. The third-order valence-electron chi connectivity index (χ3n) is 4.43. The second-order valence-corrected chi connectivity index (χ2v) is 6.53. The summed E-state index contributed by atoms with van der Waals surface area (Å²) in [6.45, 7) is 0.912. The number of hydrogen-bond donors (Lipinski definition) is 1. The Morgan fingerprint density at radius 1 is 0.800 bits per heavy atom. The fourth-order valence-corrected chi connectivity index (χ4v) is 2.83. The number of ether oxygens (including phenoxy) is 4. The summed E-state index contributed by atoms with van der Waals surface area (Å²) in [7, 11) is 3.16. The van der Waals surface area contributed by atoms with E-state index < -0.39 is 6.09 Å². The Labute approximate surface area is 176 Å². The zero-order chi connectivity index (χ0) is 21.2. The lowest BCUT2D eigenvalue weighted by molar-refractivity contribution is 0.139. The average Bonchev–Trinajstić information content (AvgIpc) is 2.81. The number of nitrogens with one attached hydrogen (secondary N) is 1. The highest BCUT2D eigenvalue weighted by Crippen LogP contribution is 2.24. The van der Waals surface area contributed by atoms with Crippen molar-refractivity contribution in [2.45, 2.75) is 19.8 Å². The zero-order valence-corrected chi connectivity index (χ0v) is 17.1. The van der Waals surface area contributed by atoms with Crippen LogP contribution >= 0.6 is 0 Å². The van der Waals surface area contributed by atoms with E-state index in [2.05, 4.69) is 5.32 Å². The van der Waals surface area contributed by atoms with Gasteiger partial charge >= 0.3 is 6.09 Å². The molecular formula is C24H25NO5. The van der Waals surface area contributed by atoms with E-state index >= 15 is 0 Å². The van der Waals surface area contributed by atoms with Gasteiger partial charge in [-0.25, -0.2) is 4.79 Å². The molecule has 0 aliphatic rings. The molecule has 0 saturated carbocycles. The number of carbonyl (C=O) groups is 1. The first-order valence-corrected chi connectivity index (χ1v) is 9.55. The number of benzene rings is 3. The fourth-order valence-electron chi connectivity index (χ4n) is 2.83. The average molecular weight is 407 g/mol. The molecule has 0 fully saturated rings. The Balaban J connectivity index is 1.48. The van der Waals surface area contributed by atoms with Gasteiger partial charge in [-0.05, 0) is 35.4 Å². The lowest BCUT2D eigenvalue weighted by atomic mass is 10.2. The highest BCUT2D eigenvalue weighted by molar-refractivity contribution is 5.67. The van der Waals surface area contributed by atoms with Gasteiger partial charge in [-0.3, -0.25) is 0 Å². The maximum atomic E-state index is 12.1. The first-order chi connectivity index (χ1) is 14.7. The molecule has 0 heterocycles. The molecule has 30 heavy (non-hydrogen) atoms. The van der Waals surface area contributed by atoms with Gasteiger partial charge in [0.25, 0.3) is 0 Å². The molecule has 0 radical (unpaired) electrons. The van der Waals surface area contributed by atoms with Crippen LogP contribution in [0.3, 0.4) is 0 Å². The van der Waals surface area contributed by atoms with E-state index in [-0.39, 0.29) is 13.2 Å². The van der Waals surface area contributed by atoms with Crippen molar-refractivity contribution in [3.05, 3.63) is 89.5 Å².